The fraction of sp³-hybridized carbons (Fsp3) is 0.786. The zero-order valence-corrected chi connectivity index (χ0v) is 11.4. The Balaban J connectivity index is 1.86. The molecular weight excluding hydrogens is 226 g/mol. The number of ether oxygens (including phenoxy) is 1. The predicted molar refractivity (Wildman–Crippen MR) is 70.8 cm³/mol. The minimum absolute atomic E-state index is 0.248. The highest BCUT2D eigenvalue weighted by molar-refractivity contribution is 5.18. The number of imidazole rings is 1. The first-order valence-electron chi connectivity index (χ1n) is 7.04. The van der Waals surface area contributed by atoms with Gasteiger partial charge in [-0.05, 0) is 32.7 Å². The van der Waals surface area contributed by atoms with Crippen LogP contribution < -0.4 is 5.32 Å². The average molecular weight is 249 g/mol. The second-order valence-electron chi connectivity index (χ2n) is 6.03. The summed E-state index contributed by atoms with van der Waals surface area (Å²) >= 11 is 0. The normalized spacial score (nSPS) is 37.0. The van der Waals surface area contributed by atoms with E-state index in [9.17, 15) is 0 Å². The van der Waals surface area contributed by atoms with Crippen molar-refractivity contribution in [3.05, 3.63) is 18.2 Å². The Morgan fingerprint density at radius 2 is 2.44 bits per heavy atom. The minimum atomic E-state index is 0.248. The quantitative estimate of drug-likeness (QED) is 0.869. The fourth-order valence-corrected chi connectivity index (χ4v) is 3.33. The van der Waals surface area contributed by atoms with Gasteiger partial charge in [0.2, 0.25) is 0 Å². The van der Waals surface area contributed by atoms with Gasteiger partial charge in [0.1, 0.15) is 0 Å². The van der Waals surface area contributed by atoms with Crippen molar-refractivity contribution in [1.29, 1.82) is 0 Å². The zero-order valence-electron chi connectivity index (χ0n) is 11.4. The van der Waals surface area contributed by atoms with E-state index in [1.165, 1.54) is 12.1 Å². The van der Waals surface area contributed by atoms with E-state index in [0.29, 0.717) is 12.1 Å². The second-order valence-corrected chi connectivity index (χ2v) is 6.03. The molecule has 2 aliphatic rings. The van der Waals surface area contributed by atoms with Crippen LogP contribution in [0.2, 0.25) is 0 Å². The molecule has 0 aliphatic carbocycles. The van der Waals surface area contributed by atoms with Gasteiger partial charge in [-0.3, -0.25) is 0 Å². The van der Waals surface area contributed by atoms with Gasteiger partial charge in [-0.2, -0.15) is 0 Å². The average Bonchev–Trinajstić information content (AvgIpc) is 2.98. The van der Waals surface area contributed by atoms with E-state index in [4.69, 9.17) is 4.74 Å². The summed E-state index contributed by atoms with van der Waals surface area (Å²) in [6.45, 7) is 7.58. The van der Waals surface area contributed by atoms with E-state index >= 15 is 0 Å². The van der Waals surface area contributed by atoms with Crippen molar-refractivity contribution in [1.82, 2.24) is 14.9 Å². The van der Waals surface area contributed by atoms with E-state index < -0.39 is 0 Å². The molecule has 1 aromatic rings. The molecule has 18 heavy (non-hydrogen) atoms. The molecule has 3 atom stereocenters. The highest BCUT2D eigenvalue weighted by Gasteiger charge is 2.35. The molecular formula is C14H23N3O. The van der Waals surface area contributed by atoms with E-state index in [1.54, 1.807) is 0 Å². The molecule has 3 heterocycles. The molecule has 0 saturated carbocycles. The van der Waals surface area contributed by atoms with Gasteiger partial charge < -0.3 is 14.6 Å². The Bertz CT molecular complexity index is 409. The molecule has 1 aromatic heterocycles. The maximum atomic E-state index is 5.65. The molecule has 3 unspecified atom stereocenters. The van der Waals surface area contributed by atoms with E-state index in [-0.39, 0.29) is 5.41 Å². The molecule has 2 saturated heterocycles. The van der Waals surface area contributed by atoms with Crippen molar-refractivity contribution >= 4 is 0 Å². The van der Waals surface area contributed by atoms with Gasteiger partial charge in [-0.25, -0.2) is 4.98 Å². The summed E-state index contributed by atoms with van der Waals surface area (Å²) in [6.07, 6.45) is 7.87. The monoisotopic (exact) mass is 249 g/mol. The van der Waals surface area contributed by atoms with Crippen LogP contribution in [-0.2, 0) is 10.2 Å². The smallest absolute Gasteiger partial charge is 0.0951 e. The van der Waals surface area contributed by atoms with Crippen LogP contribution in [0, 0.1) is 0 Å². The first-order valence-corrected chi connectivity index (χ1v) is 7.04. The van der Waals surface area contributed by atoms with Gasteiger partial charge in [-0.15, -0.1) is 0 Å². The van der Waals surface area contributed by atoms with Crippen LogP contribution >= 0.6 is 0 Å². The minimum Gasteiger partial charge on any atom is -0.378 e. The Kier molecular flexibility index (Phi) is 3.16. The Morgan fingerprint density at radius 3 is 3.17 bits per heavy atom. The SMILES string of the molecule is CC1CC(n2cncc2C2(C)CCNC2)CCO1. The zero-order chi connectivity index (χ0) is 12.6. The number of rotatable bonds is 2. The first kappa shape index (κ1) is 12.2. The van der Waals surface area contributed by atoms with Crippen LogP contribution in [0.25, 0.3) is 0 Å². The van der Waals surface area contributed by atoms with Gasteiger partial charge in [-0.1, -0.05) is 6.92 Å². The fourth-order valence-electron chi connectivity index (χ4n) is 3.33. The molecule has 2 aliphatic heterocycles. The summed E-state index contributed by atoms with van der Waals surface area (Å²) in [6, 6.07) is 0.559. The maximum absolute atomic E-state index is 5.65. The van der Waals surface area contributed by atoms with Crippen molar-refractivity contribution in [2.45, 2.75) is 50.7 Å². The summed E-state index contributed by atoms with van der Waals surface area (Å²) in [4.78, 5) is 4.41. The predicted octanol–water partition coefficient (Wildman–Crippen LogP) is 1.87. The van der Waals surface area contributed by atoms with Crippen molar-refractivity contribution in [2.24, 2.45) is 0 Å². The Labute approximate surface area is 109 Å². The molecule has 4 heteroatoms. The Morgan fingerprint density at radius 1 is 1.56 bits per heavy atom. The lowest BCUT2D eigenvalue weighted by Gasteiger charge is -2.33. The number of aromatic nitrogens is 2. The number of nitrogens with one attached hydrogen (secondary N) is 1. The van der Waals surface area contributed by atoms with Crippen molar-refractivity contribution in [3.8, 4) is 0 Å². The molecule has 0 amide bonds. The lowest BCUT2D eigenvalue weighted by molar-refractivity contribution is 0.00496. The lowest BCUT2D eigenvalue weighted by atomic mass is 9.85. The van der Waals surface area contributed by atoms with Crippen molar-refractivity contribution < 1.29 is 4.74 Å². The topological polar surface area (TPSA) is 39.1 Å². The maximum Gasteiger partial charge on any atom is 0.0951 e. The molecule has 3 rings (SSSR count). The third-order valence-corrected chi connectivity index (χ3v) is 4.50. The van der Waals surface area contributed by atoms with Crippen LogP contribution in [0.3, 0.4) is 0 Å². The number of hydrogen-bond donors (Lipinski definition) is 1. The third kappa shape index (κ3) is 2.08. The first-order chi connectivity index (χ1) is 8.69. The molecule has 0 spiro atoms. The Hall–Kier alpha value is -0.870. The molecule has 0 radical (unpaired) electrons. The van der Waals surface area contributed by atoms with Crippen LogP contribution in [0.5, 0.6) is 0 Å². The molecule has 4 nitrogen and oxygen atoms in total. The van der Waals surface area contributed by atoms with Gasteiger partial charge >= 0.3 is 0 Å². The summed E-state index contributed by atoms with van der Waals surface area (Å²) in [5.74, 6) is 0. The lowest BCUT2D eigenvalue weighted by Crippen LogP contribution is -2.32. The van der Waals surface area contributed by atoms with Gasteiger partial charge in [0, 0.05) is 36.5 Å². The van der Waals surface area contributed by atoms with E-state index in [1.807, 2.05) is 6.33 Å². The van der Waals surface area contributed by atoms with E-state index in [2.05, 4.69) is 34.9 Å². The number of hydrogen-bond acceptors (Lipinski definition) is 3. The van der Waals surface area contributed by atoms with E-state index in [0.717, 1.165) is 32.5 Å². The third-order valence-electron chi connectivity index (χ3n) is 4.50. The van der Waals surface area contributed by atoms with Crippen LogP contribution in [0.15, 0.2) is 12.5 Å². The second kappa shape index (κ2) is 4.67. The number of nitrogens with zero attached hydrogens (tertiary/aromatic N) is 2. The van der Waals surface area contributed by atoms with Crippen molar-refractivity contribution in [2.75, 3.05) is 19.7 Å². The molecule has 100 valence electrons. The molecule has 0 bridgehead atoms. The van der Waals surface area contributed by atoms with Crippen LogP contribution in [0.1, 0.15) is 44.8 Å². The van der Waals surface area contributed by atoms with Crippen LogP contribution in [0.4, 0.5) is 0 Å². The molecule has 0 aromatic carbocycles. The highest BCUT2D eigenvalue weighted by atomic mass is 16.5. The summed E-state index contributed by atoms with van der Waals surface area (Å²) in [5, 5.41) is 3.47. The largest absolute Gasteiger partial charge is 0.378 e. The van der Waals surface area contributed by atoms with Gasteiger partial charge in [0.15, 0.2) is 0 Å². The molecule has 1 N–H and O–H groups in total. The highest BCUT2D eigenvalue weighted by Crippen LogP contribution is 2.34. The standard InChI is InChI=1S/C14H23N3O/c1-11-7-12(3-6-18-11)17-10-16-8-13(17)14(2)4-5-15-9-14/h8,10-12,15H,3-7,9H2,1-2H3. The summed E-state index contributed by atoms with van der Waals surface area (Å²) < 4.78 is 8.06. The molecule has 2 fully saturated rings. The summed E-state index contributed by atoms with van der Waals surface area (Å²) in [5.41, 5.74) is 1.64. The van der Waals surface area contributed by atoms with Crippen molar-refractivity contribution in [3.63, 3.8) is 0 Å². The van der Waals surface area contributed by atoms with Gasteiger partial charge in [0.05, 0.1) is 12.4 Å². The van der Waals surface area contributed by atoms with Crippen LogP contribution in [-0.4, -0.2) is 35.4 Å². The summed E-state index contributed by atoms with van der Waals surface area (Å²) in [7, 11) is 0. The van der Waals surface area contributed by atoms with Gasteiger partial charge in [0.25, 0.3) is 0 Å².